The summed E-state index contributed by atoms with van der Waals surface area (Å²) in [6, 6.07) is 23.7. The van der Waals surface area contributed by atoms with E-state index in [0.29, 0.717) is 29.3 Å². The Morgan fingerprint density at radius 3 is 2.22 bits per heavy atom. The van der Waals surface area contributed by atoms with Gasteiger partial charge in [-0.2, -0.15) is 0 Å². The first-order chi connectivity index (χ1) is 17.9. The smallest absolute Gasteiger partial charge is 0.248 e. The van der Waals surface area contributed by atoms with Gasteiger partial charge in [-0.05, 0) is 68.2 Å². The molecule has 0 heterocycles. The van der Waals surface area contributed by atoms with Gasteiger partial charge in [0.15, 0.2) is 0 Å². The second kappa shape index (κ2) is 13.3. The van der Waals surface area contributed by atoms with Crippen molar-refractivity contribution in [3.05, 3.63) is 115 Å². The molecule has 3 rings (SSSR count). The SMILES string of the molecule is C=C(Oc1ccc(NC(=O)/C=C/CN(C)C)cc1)/C(=C(/N)N=CN)c1ccc(Oc2ccccc2)cc1. The number of hydrogen-bond acceptors (Lipinski definition) is 6. The van der Waals surface area contributed by atoms with Gasteiger partial charge in [0, 0.05) is 18.3 Å². The average molecular weight is 498 g/mol. The number of nitrogens with zero attached hydrogens (tertiary/aromatic N) is 2. The molecule has 0 bridgehead atoms. The first-order valence-electron chi connectivity index (χ1n) is 11.5. The molecule has 0 aliphatic carbocycles. The first-order valence-corrected chi connectivity index (χ1v) is 11.5. The van der Waals surface area contributed by atoms with Crippen LogP contribution in [-0.4, -0.2) is 37.8 Å². The van der Waals surface area contributed by atoms with Crippen LogP contribution in [0.2, 0.25) is 0 Å². The van der Waals surface area contributed by atoms with Crippen molar-refractivity contribution in [2.75, 3.05) is 26.0 Å². The van der Waals surface area contributed by atoms with Gasteiger partial charge >= 0.3 is 0 Å². The van der Waals surface area contributed by atoms with Crippen LogP contribution in [-0.2, 0) is 4.79 Å². The Morgan fingerprint density at radius 1 is 0.973 bits per heavy atom. The summed E-state index contributed by atoms with van der Waals surface area (Å²) in [5.74, 6) is 2.13. The molecule has 0 spiro atoms. The number of allylic oxidation sites excluding steroid dienone is 1. The molecular weight excluding hydrogens is 466 g/mol. The quantitative estimate of drug-likeness (QED) is 0.116. The molecule has 3 aromatic carbocycles. The van der Waals surface area contributed by atoms with E-state index in [1.807, 2.05) is 73.6 Å². The van der Waals surface area contributed by atoms with E-state index in [1.165, 1.54) is 6.08 Å². The van der Waals surface area contributed by atoms with Crippen LogP contribution in [0.1, 0.15) is 5.56 Å². The minimum Gasteiger partial charge on any atom is -0.457 e. The third-order valence-electron chi connectivity index (χ3n) is 4.97. The lowest BCUT2D eigenvalue weighted by Gasteiger charge is -2.15. The molecule has 190 valence electrons. The number of rotatable bonds is 11. The van der Waals surface area contributed by atoms with Crippen molar-refractivity contribution in [1.82, 2.24) is 4.90 Å². The van der Waals surface area contributed by atoms with Crippen molar-refractivity contribution in [3.63, 3.8) is 0 Å². The van der Waals surface area contributed by atoms with Crippen LogP contribution in [0.25, 0.3) is 5.57 Å². The van der Waals surface area contributed by atoms with E-state index in [4.69, 9.17) is 20.9 Å². The van der Waals surface area contributed by atoms with E-state index in [1.54, 1.807) is 30.3 Å². The summed E-state index contributed by atoms with van der Waals surface area (Å²) in [5, 5.41) is 2.81. The highest BCUT2D eigenvalue weighted by molar-refractivity contribution is 5.99. The Labute approximate surface area is 217 Å². The Morgan fingerprint density at radius 2 is 1.59 bits per heavy atom. The standard InChI is InChI=1S/C29H31N5O3/c1-21(36-25-17-13-23(14-18-25)33-27(35)10-7-19-34(2)3)28(29(31)32-20-30)22-11-15-26(16-12-22)37-24-8-5-4-6-9-24/h4-18,20H,1,19,31H2,2-3H3,(H2,30,32)(H,33,35)/b10-7+,29-28+. The summed E-state index contributed by atoms with van der Waals surface area (Å²) >= 11 is 0. The molecule has 3 aromatic rings. The van der Waals surface area contributed by atoms with Crippen molar-refractivity contribution in [2.24, 2.45) is 16.5 Å². The zero-order valence-electron chi connectivity index (χ0n) is 20.9. The fourth-order valence-electron chi connectivity index (χ4n) is 3.26. The number of carbonyl (C=O) groups is 1. The summed E-state index contributed by atoms with van der Waals surface area (Å²) in [6.45, 7) is 4.73. The molecule has 8 heteroatoms. The van der Waals surface area contributed by atoms with Crippen LogP contribution in [0.15, 0.2) is 114 Å². The molecule has 0 radical (unpaired) electrons. The van der Waals surface area contributed by atoms with Gasteiger partial charge in [-0.25, -0.2) is 4.99 Å². The number of amides is 1. The molecule has 0 unspecified atom stereocenters. The molecule has 0 atom stereocenters. The van der Waals surface area contributed by atoms with E-state index in [9.17, 15) is 4.79 Å². The molecule has 0 aliphatic rings. The number of anilines is 1. The summed E-state index contributed by atoms with van der Waals surface area (Å²) in [5.41, 5.74) is 13.5. The van der Waals surface area contributed by atoms with Gasteiger partial charge in [-0.15, -0.1) is 0 Å². The van der Waals surface area contributed by atoms with Crippen molar-refractivity contribution in [3.8, 4) is 17.2 Å². The molecule has 0 fully saturated rings. The molecule has 0 saturated heterocycles. The van der Waals surface area contributed by atoms with E-state index in [-0.39, 0.29) is 17.5 Å². The second-order valence-electron chi connectivity index (χ2n) is 8.18. The molecule has 0 aromatic heterocycles. The van der Waals surface area contributed by atoms with Crippen molar-refractivity contribution < 1.29 is 14.3 Å². The maximum Gasteiger partial charge on any atom is 0.248 e. The first kappa shape index (κ1) is 26.8. The lowest BCUT2D eigenvalue weighted by Crippen LogP contribution is -2.12. The highest BCUT2D eigenvalue weighted by atomic mass is 16.5. The largest absolute Gasteiger partial charge is 0.457 e. The Kier molecular flexibility index (Phi) is 9.64. The van der Waals surface area contributed by atoms with Gasteiger partial charge in [-0.1, -0.05) is 43.0 Å². The summed E-state index contributed by atoms with van der Waals surface area (Å²) in [4.78, 5) is 18.0. The predicted octanol–water partition coefficient (Wildman–Crippen LogP) is 4.74. The van der Waals surface area contributed by atoms with Gasteiger partial charge in [0.05, 0.1) is 11.9 Å². The fraction of sp³-hybridized carbons (Fsp3) is 0.103. The van der Waals surface area contributed by atoms with Gasteiger partial charge < -0.3 is 31.2 Å². The zero-order valence-corrected chi connectivity index (χ0v) is 20.9. The number of likely N-dealkylation sites (N-methyl/N-ethyl adjacent to an activating group) is 1. The van der Waals surface area contributed by atoms with Crippen molar-refractivity contribution >= 4 is 23.5 Å². The average Bonchev–Trinajstić information content (AvgIpc) is 2.87. The minimum atomic E-state index is -0.211. The maximum absolute atomic E-state index is 12.1. The van der Waals surface area contributed by atoms with Crippen LogP contribution in [0.5, 0.6) is 17.2 Å². The topological polar surface area (TPSA) is 115 Å². The van der Waals surface area contributed by atoms with E-state index < -0.39 is 0 Å². The van der Waals surface area contributed by atoms with Crippen LogP contribution < -0.4 is 26.3 Å². The number of nitrogens with two attached hydrogens (primary N) is 2. The van der Waals surface area contributed by atoms with Crippen LogP contribution >= 0.6 is 0 Å². The number of carbonyl (C=O) groups excluding carboxylic acids is 1. The lowest BCUT2D eigenvalue weighted by molar-refractivity contribution is -0.111. The summed E-state index contributed by atoms with van der Waals surface area (Å²) in [7, 11) is 3.86. The van der Waals surface area contributed by atoms with Gasteiger partial charge in [0.25, 0.3) is 0 Å². The number of nitrogens with one attached hydrogen (secondary N) is 1. The highest BCUT2D eigenvalue weighted by Crippen LogP contribution is 2.30. The number of para-hydroxylation sites is 1. The van der Waals surface area contributed by atoms with E-state index in [2.05, 4.69) is 16.9 Å². The van der Waals surface area contributed by atoms with E-state index >= 15 is 0 Å². The van der Waals surface area contributed by atoms with Gasteiger partial charge in [0.1, 0.15) is 28.8 Å². The van der Waals surface area contributed by atoms with Gasteiger partial charge in [-0.3, -0.25) is 4.79 Å². The Bertz CT molecular complexity index is 1280. The number of aliphatic imine (C=N–C) groups is 1. The van der Waals surface area contributed by atoms with Crippen LogP contribution in [0, 0.1) is 0 Å². The summed E-state index contributed by atoms with van der Waals surface area (Å²) < 4.78 is 11.8. The fourth-order valence-corrected chi connectivity index (χ4v) is 3.26. The van der Waals surface area contributed by atoms with E-state index in [0.717, 1.165) is 17.7 Å². The van der Waals surface area contributed by atoms with Gasteiger partial charge in [0.2, 0.25) is 5.91 Å². The predicted molar refractivity (Wildman–Crippen MR) is 149 cm³/mol. The van der Waals surface area contributed by atoms with Crippen LogP contribution in [0.4, 0.5) is 5.69 Å². The third-order valence-corrected chi connectivity index (χ3v) is 4.97. The monoisotopic (exact) mass is 497 g/mol. The molecule has 0 aliphatic heterocycles. The number of benzene rings is 3. The van der Waals surface area contributed by atoms with Crippen molar-refractivity contribution in [2.45, 2.75) is 0 Å². The number of hydrogen-bond donors (Lipinski definition) is 3. The van der Waals surface area contributed by atoms with Crippen molar-refractivity contribution in [1.29, 1.82) is 0 Å². The lowest BCUT2D eigenvalue weighted by atomic mass is 10.0. The van der Waals surface area contributed by atoms with Crippen LogP contribution in [0.3, 0.4) is 0 Å². The molecule has 5 N–H and O–H groups in total. The Balaban J connectivity index is 1.71. The third kappa shape index (κ3) is 8.41. The minimum absolute atomic E-state index is 0.151. The number of ether oxygens (including phenoxy) is 2. The Hall–Kier alpha value is -4.82. The molecule has 37 heavy (non-hydrogen) atoms. The molecule has 0 saturated carbocycles. The molecular formula is C29H31N5O3. The molecule has 8 nitrogen and oxygen atoms in total. The maximum atomic E-state index is 12.1. The normalized spacial score (nSPS) is 12.0. The summed E-state index contributed by atoms with van der Waals surface area (Å²) in [6.07, 6.45) is 4.40. The molecule has 1 amide bonds. The highest BCUT2D eigenvalue weighted by Gasteiger charge is 2.14. The zero-order chi connectivity index (χ0) is 26.6. The second-order valence-corrected chi connectivity index (χ2v) is 8.18.